The van der Waals surface area contributed by atoms with Gasteiger partial charge in [-0.3, -0.25) is 4.79 Å². The highest BCUT2D eigenvalue weighted by Gasteiger charge is 2.15. The normalized spacial score (nSPS) is 10.8. The van der Waals surface area contributed by atoms with Crippen molar-refractivity contribution >= 4 is 23.4 Å². The van der Waals surface area contributed by atoms with Gasteiger partial charge in [-0.25, -0.2) is 4.79 Å². The van der Waals surface area contributed by atoms with Crippen molar-refractivity contribution in [1.82, 2.24) is 5.32 Å². The predicted octanol–water partition coefficient (Wildman–Crippen LogP) is 1.30. The lowest BCUT2D eigenvalue weighted by atomic mass is 10.1. The van der Waals surface area contributed by atoms with Gasteiger partial charge < -0.3 is 26.8 Å². The van der Waals surface area contributed by atoms with E-state index in [0.717, 1.165) is 0 Å². The van der Waals surface area contributed by atoms with Gasteiger partial charge in [0.25, 0.3) is 0 Å². The van der Waals surface area contributed by atoms with Crippen molar-refractivity contribution < 1.29 is 14.3 Å². The number of nitrogens with one attached hydrogen (secondary N) is 2. The largest absolute Gasteiger partial charge is 0.444 e. The number of carbonyl (C=O) groups excluding carboxylic acids is 2. The van der Waals surface area contributed by atoms with Gasteiger partial charge in [-0.15, -0.1) is 0 Å². The van der Waals surface area contributed by atoms with Gasteiger partial charge in [-0.05, 0) is 39.0 Å². The first-order valence-electron chi connectivity index (χ1n) is 6.59. The molecule has 0 unspecified atom stereocenters. The van der Waals surface area contributed by atoms with E-state index in [9.17, 15) is 9.59 Å². The highest BCUT2D eigenvalue weighted by Crippen LogP contribution is 2.19. The minimum atomic E-state index is -0.530. The number of ether oxygens (including phenoxy) is 1. The highest BCUT2D eigenvalue weighted by atomic mass is 16.6. The van der Waals surface area contributed by atoms with Crippen LogP contribution in [0.15, 0.2) is 18.2 Å². The summed E-state index contributed by atoms with van der Waals surface area (Å²) in [5.74, 6) is -0.523. The Labute approximate surface area is 124 Å². The molecule has 0 aromatic heterocycles. The molecule has 1 rings (SSSR count). The van der Waals surface area contributed by atoms with Crippen molar-refractivity contribution in [2.24, 2.45) is 5.73 Å². The van der Waals surface area contributed by atoms with Crippen LogP contribution in [-0.2, 0) is 4.74 Å². The highest BCUT2D eigenvalue weighted by molar-refractivity contribution is 5.94. The van der Waals surface area contributed by atoms with E-state index in [4.69, 9.17) is 16.2 Å². The number of amides is 2. The second kappa shape index (κ2) is 6.83. The third-order valence-corrected chi connectivity index (χ3v) is 2.45. The van der Waals surface area contributed by atoms with Crippen LogP contribution in [0, 0.1) is 0 Å². The van der Waals surface area contributed by atoms with Gasteiger partial charge in [-0.1, -0.05) is 0 Å². The first kappa shape index (κ1) is 16.6. The van der Waals surface area contributed by atoms with Crippen LogP contribution in [0.3, 0.4) is 0 Å². The number of carbonyl (C=O) groups is 2. The van der Waals surface area contributed by atoms with E-state index in [-0.39, 0.29) is 0 Å². The molecule has 0 saturated carbocycles. The third kappa shape index (κ3) is 6.03. The molecule has 6 N–H and O–H groups in total. The van der Waals surface area contributed by atoms with E-state index in [1.807, 2.05) is 0 Å². The molecule has 0 radical (unpaired) electrons. The number of nitrogen functional groups attached to an aromatic ring is 1. The number of nitrogens with two attached hydrogens (primary N) is 2. The van der Waals surface area contributed by atoms with Crippen molar-refractivity contribution in [3.63, 3.8) is 0 Å². The van der Waals surface area contributed by atoms with Crippen LogP contribution in [0.25, 0.3) is 0 Å². The van der Waals surface area contributed by atoms with Gasteiger partial charge in [0.05, 0.1) is 11.4 Å². The topological polar surface area (TPSA) is 119 Å². The smallest absolute Gasteiger partial charge is 0.407 e. The molecule has 7 nitrogen and oxygen atoms in total. The van der Waals surface area contributed by atoms with Crippen LogP contribution in [0.1, 0.15) is 31.1 Å². The maximum absolute atomic E-state index is 11.4. The molecule has 1 aromatic carbocycles. The molecule has 0 fully saturated rings. The maximum atomic E-state index is 11.4. The Morgan fingerprint density at radius 2 is 1.90 bits per heavy atom. The molecule has 0 aliphatic heterocycles. The summed E-state index contributed by atoms with van der Waals surface area (Å²) in [6.45, 7) is 6.17. The lowest BCUT2D eigenvalue weighted by molar-refractivity contribution is 0.0530. The first-order chi connectivity index (χ1) is 9.69. The van der Waals surface area contributed by atoms with Crippen LogP contribution < -0.4 is 22.1 Å². The Morgan fingerprint density at radius 1 is 1.24 bits per heavy atom. The number of primary amides is 1. The number of rotatable bonds is 5. The van der Waals surface area contributed by atoms with Crippen LogP contribution in [-0.4, -0.2) is 30.7 Å². The first-order valence-corrected chi connectivity index (χ1v) is 6.59. The number of alkyl carbamates (subject to hydrolysis) is 1. The molecular formula is C14H22N4O3. The van der Waals surface area contributed by atoms with Gasteiger partial charge >= 0.3 is 6.09 Å². The van der Waals surface area contributed by atoms with Gasteiger partial charge in [0.2, 0.25) is 5.91 Å². The molecule has 0 bridgehead atoms. The van der Waals surface area contributed by atoms with Crippen molar-refractivity contribution in [2.45, 2.75) is 26.4 Å². The van der Waals surface area contributed by atoms with Crippen molar-refractivity contribution in [3.05, 3.63) is 23.8 Å². The Bertz CT molecular complexity index is 523. The fraction of sp³-hybridized carbons (Fsp3) is 0.429. The molecule has 0 aliphatic carbocycles. The van der Waals surface area contributed by atoms with Crippen LogP contribution in [0.2, 0.25) is 0 Å². The van der Waals surface area contributed by atoms with Crippen LogP contribution >= 0.6 is 0 Å². The van der Waals surface area contributed by atoms with Crippen LogP contribution in [0.5, 0.6) is 0 Å². The molecule has 2 amide bonds. The van der Waals surface area contributed by atoms with E-state index in [1.54, 1.807) is 39.0 Å². The quantitative estimate of drug-likeness (QED) is 0.482. The Hall–Kier alpha value is -2.44. The number of anilines is 2. The maximum Gasteiger partial charge on any atom is 0.407 e. The molecular weight excluding hydrogens is 272 g/mol. The third-order valence-electron chi connectivity index (χ3n) is 2.45. The molecule has 116 valence electrons. The van der Waals surface area contributed by atoms with E-state index >= 15 is 0 Å². The number of hydrogen-bond acceptors (Lipinski definition) is 5. The van der Waals surface area contributed by atoms with Crippen LogP contribution in [0.4, 0.5) is 16.2 Å². The molecule has 0 aliphatic rings. The Kier molecular flexibility index (Phi) is 5.40. The zero-order chi connectivity index (χ0) is 16.0. The Balaban J connectivity index is 2.44. The summed E-state index contributed by atoms with van der Waals surface area (Å²) in [6.07, 6.45) is -0.483. The lowest BCUT2D eigenvalue weighted by Crippen LogP contribution is -2.35. The SMILES string of the molecule is CC(C)(C)OC(=O)NCCNc1cc(C(N)=O)ccc1N. The van der Waals surface area contributed by atoms with Crippen molar-refractivity contribution in [2.75, 3.05) is 24.1 Å². The monoisotopic (exact) mass is 294 g/mol. The van der Waals surface area contributed by atoms with Gasteiger partial charge in [0.15, 0.2) is 0 Å². The molecule has 0 atom stereocenters. The average molecular weight is 294 g/mol. The van der Waals surface area contributed by atoms with Gasteiger partial charge in [0, 0.05) is 18.7 Å². The predicted molar refractivity (Wildman–Crippen MR) is 82.1 cm³/mol. The number of hydrogen-bond donors (Lipinski definition) is 4. The van der Waals surface area contributed by atoms with Crippen molar-refractivity contribution in [1.29, 1.82) is 0 Å². The molecule has 1 aromatic rings. The van der Waals surface area contributed by atoms with E-state index in [0.29, 0.717) is 30.0 Å². The number of benzene rings is 1. The molecule has 0 saturated heterocycles. The summed E-state index contributed by atoms with van der Waals surface area (Å²) in [5, 5.41) is 5.63. The minimum absolute atomic E-state index is 0.356. The second-order valence-corrected chi connectivity index (χ2v) is 5.52. The lowest BCUT2D eigenvalue weighted by Gasteiger charge is -2.19. The summed E-state index contributed by atoms with van der Waals surface area (Å²) < 4.78 is 5.10. The van der Waals surface area contributed by atoms with Gasteiger partial charge in [0.1, 0.15) is 5.60 Å². The molecule has 0 spiro atoms. The second-order valence-electron chi connectivity index (χ2n) is 5.52. The standard InChI is InChI=1S/C14H22N4O3/c1-14(2,3)21-13(20)18-7-6-17-11-8-9(12(16)19)4-5-10(11)15/h4-5,8,17H,6-7,15H2,1-3H3,(H2,16,19)(H,18,20). The summed E-state index contributed by atoms with van der Waals surface area (Å²) in [4.78, 5) is 22.5. The zero-order valence-corrected chi connectivity index (χ0v) is 12.5. The molecule has 0 heterocycles. The average Bonchev–Trinajstić information content (AvgIpc) is 2.34. The zero-order valence-electron chi connectivity index (χ0n) is 12.5. The minimum Gasteiger partial charge on any atom is -0.444 e. The summed E-state index contributed by atoms with van der Waals surface area (Å²) in [6, 6.07) is 4.73. The summed E-state index contributed by atoms with van der Waals surface area (Å²) >= 11 is 0. The van der Waals surface area contributed by atoms with E-state index in [1.165, 1.54) is 0 Å². The fourth-order valence-corrected chi connectivity index (χ4v) is 1.54. The summed E-state index contributed by atoms with van der Waals surface area (Å²) in [5.41, 5.74) is 11.9. The van der Waals surface area contributed by atoms with Gasteiger partial charge in [-0.2, -0.15) is 0 Å². The Morgan fingerprint density at radius 3 is 2.48 bits per heavy atom. The van der Waals surface area contributed by atoms with E-state index < -0.39 is 17.6 Å². The fourth-order valence-electron chi connectivity index (χ4n) is 1.54. The molecule has 7 heteroatoms. The summed E-state index contributed by atoms with van der Waals surface area (Å²) in [7, 11) is 0. The van der Waals surface area contributed by atoms with E-state index in [2.05, 4.69) is 10.6 Å². The molecule has 21 heavy (non-hydrogen) atoms. The van der Waals surface area contributed by atoms with Crippen molar-refractivity contribution in [3.8, 4) is 0 Å².